The third kappa shape index (κ3) is 4.86. The molecule has 0 aliphatic heterocycles. The Bertz CT molecular complexity index is 350. The van der Waals surface area contributed by atoms with Crippen LogP contribution in [0.5, 0.6) is 0 Å². The molecule has 1 aromatic carbocycles. The number of aryl methyl sites for hydroxylation is 2. The molecule has 96 valence electrons. The Morgan fingerprint density at radius 1 is 1.29 bits per heavy atom. The van der Waals surface area contributed by atoms with Crippen molar-refractivity contribution in [2.45, 2.75) is 20.0 Å². The van der Waals surface area contributed by atoms with Gasteiger partial charge in [-0.15, -0.1) is 0 Å². The average molecular weight is 236 g/mol. The van der Waals surface area contributed by atoms with Gasteiger partial charge < -0.3 is 15.3 Å². The van der Waals surface area contributed by atoms with Crippen LogP contribution in [0.4, 0.5) is 0 Å². The second kappa shape index (κ2) is 6.74. The van der Waals surface area contributed by atoms with Crippen LogP contribution < -0.4 is 5.32 Å². The molecule has 0 spiro atoms. The summed E-state index contributed by atoms with van der Waals surface area (Å²) < 4.78 is 0. The van der Waals surface area contributed by atoms with Crippen LogP contribution in [-0.4, -0.2) is 43.7 Å². The van der Waals surface area contributed by atoms with Crippen molar-refractivity contribution in [2.75, 3.05) is 33.7 Å². The van der Waals surface area contributed by atoms with Crippen LogP contribution in [0.15, 0.2) is 18.2 Å². The van der Waals surface area contributed by atoms with Gasteiger partial charge in [0.25, 0.3) is 0 Å². The van der Waals surface area contributed by atoms with Crippen LogP contribution in [0.2, 0.25) is 0 Å². The Hall–Kier alpha value is -0.900. The van der Waals surface area contributed by atoms with E-state index in [1.54, 1.807) is 0 Å². The maximum Gasteiger partial charge on any atom is 0.0916 e. The Morgan fingerprint density at radius 3 is 2.59 bits per heavy atom. The number of nitrogens with zero attached hydrogens (tertiary/aromatic N) is 1. The van der Waals surface area contributed by atoms with Crippen LogP contribution >= 0.6 is 0 Å². The highest BCUT2D eigenvalue weighted by atomic mass is 16.3. The molecule has 0 aliphatic rings. The zero-order valence-corrected chi connectivity index (χ0v) is 11.3. The van der Waals surface area contributed by atoms with E-state index in [2.05, 4.69) is 23.2 Å². The smallest absolute Gasteiger partial charge is 0.0916 e. The van der Waals surface area contributed by atoms with Gasteiger partial charge in [0.1, 0.15) is 0 Å². The predicted molar refractivity (Wildman–Crippen MR) is 72.3 cm³/mol. The highest BCUT2D eigenvalue weighted by Gasteiger charge is 2.09. The fraction of sp³-hybridized carbons (Fsp3) is 0.571. The number of nitrogens with one attached hydrogen (secondary N) is 1. The molecule has 0 aliphatic carbocycles. The van der Waals surface area contributed by atoms with Gasteiger partial charge in [-0.05, 0) is 39.1 Å². The minimum absolute atomic E-state index is 0.419. The van der Waals surface area contributed by atoms with Crippen molar-refractivity contribution >= 4 is 0 Å². The SMILES string of the molecule is Cc1ccc(C(O)CNCCN(C)C)c(C)c1. The Kier molecular flexibility index (Phi) is 5.62. The molecule has 0 bridgehead atoms. The first-order valence-electron chi connectivity index (χ1n) is 6.11. The molecule has 2 N–H and O–H groups in total. The topological polar surface area (TPSA) is 35.5 Å². The number of aliphatic hydroxyl groups is 1. The molecule has 3 heteroatoms. The number of hydrogen-bond acceptors (Lipinski definition) is 3. The van der Waals surface area contributed by atoms with Gasteiger partial charge in [-0.25, -0.2) is 0 Å². The molecule has 0 amide bonds. The van der Waals surface area contributed by atoms with E-state index in [0.29, 0.717) is 6.54 Å². The summed E-state index contributed by atoms with van der Waals surface area (Å²) in [6.45, 7) is 6.61. The lowest BCUT2D eigenvalue weighted by Crippen LogP contribution is -2.29. The lowest BCUT2D eigenvalue weighted by Gasteiger charge is -2.16. The Labute approximate surface area is 104 Å². The molecule has 0 heterocycles. The summed E-state index contributed by atoms with van der Waals surface area (Å²) in [6, 6.07) is 6.17. The molecule has 1 atom stereocenters. The minimum Gasteiger partial charge on any atom is -0.387 e. The van der Waals surface area contributed by atoms with Crippen molar-refractivity contribution in [3.05, 3.63) is 34.9 Å². The van der Waals surface area contributed by atoms with Crippen molar-refractivity contribution in [1.82, 2.24) is 10.2 Å². The minimum atomic E-state index is -0.419. The van der Waals surface area contributed by atoms with Crippen molar-refractivity contribution in [3.8, 4) is 0 Å². The molecule has 0 saturated carbocycles. The van der Waals surface area contributed by atoms with Gasteiger partial charge in [0.2, 0.25) is 0 Å². The zero-order valence-electron chi connectivity index (χ0n) is 11.3. The fourth-order valence-corrected chi connectivity index (χ4v) is 1.85. The molecule has 0 saturated heterocycles. The third-order valence-corrected chi connectivity index (χ3v) is 2.86. The first-order valence-corrected chi connectivity index (χ1v) is 6.11. The molecule has 1 aromatic rings. The number of hydrogen-bond donors (Lipinski definition) is 2. The molecule has 3 nitrogen and oxygen atoms in total. The summed E-state index contributed by atoms with van der Waals surface area (Å²) in [4.78, 5) is 2.12. The summed E-state index contributed by atoms with van der Waals surface area (Å²) in [5.74, 6) is 0. The first-order chi connectivity index (χ1) is 8.00. The van der Waals surface area contributed by atoms with Crippen molar-refractivity contribution in [1.29, 1.82) is 0 Å². The van der Waals surface area contributed by atoms with Gasteiger partial charge in [0, 0.05) is 19.6 Å². The van der Waals surface area contributed by atoms with Crippen LogP contribution in [0.25, 0.3) is 0 Å². The van der Waals surface area contributed by atoms with E-state index in [1.807, 2.05) is 33.2 Å². The monoisotopic (exact) mass is 236 g/mol. The Morgan fingerprint density at radius 2 is 2.00 bits per heavy atom. The van der Waals surface area contributed by atoms with Gasteiger partial charge in [-0.2, -0.15) is 0 Å². The second-order valence-electron chi connectivity index (χ2n) is 4.88. The van der Waals surface area contributed by atoms with E-state index in [9.17, 15) is 5.11 Å². The summed E-state index contributed by atoms with van der Waals surface area (Å²) >= 11 is 0. The van der Waals surface area contributed by atoms with E-state index in [1.165, 1.54) is 5.56 Å². The van der Waals surface area contributed by atoms with E-state index in [4.69, 9.17) is 0 Å². The van der Waals surface area contributed by atoms with Crippen molar-refractivity contribution < 1.29 is 5.11 Å². The largest absolute Gasteiger partial charge is 0.387 e. The normalized spacial score (nSPS) is 13.1. The van der Waals surface area contributed by atoms with Gasteiger partial charge in [0.05, 0.1) is 6.10 Å². The highest BCUT2D eigenvalue weighted by Crippen LogP contribution is 2.18. The molecule has 1 unspecified atom stereocenters. The lowest BCUT2D eigenvalue weighted by molar-refractivity contribution is 0.173. The molecule has 0 fully saturated rings. The molecule has 1 rings (SSSR count). The van der Waals surface area contributed by atoms with E-state index in [0.717, 1.165) is 24.2 Å². The number of rotatable bonds is 6. The van der Waals surface area contributed by atoms with E-state index in [-0.39, 0.29) is 0 Å². The second-order valence-corrected chi connectivity index (χ2v) is 4.88. The standard InChI is InChI=1S/C14H24N2O/c1-11-5-6-13(12(2)9-11)14(17)10-15-7-8-16(3)4/h5-6,9,14-15,17H,7-8,10H2,1-4H3. The number of aliphatic hydroxyl groups excluding tert-OH is 1. The zero-order chi connectivity index (χ0) is 12.8. The van der Waals surface area contributed by atoms with Crippen LogP contribution in [0.1, 0.15) is 22.8 Å². The molecule has 0 aromatic heterocycles. The quantitative estimate of drug-likeness (QED) is 0.735. The number of benzene rings is 1. The van der Waals surface area contributed by atoms with Gasteiger partial charge >= 0.3 is 0 Å². The lowest BCUT2D eigenvalue weighted by atomic mass is 10.0. The van der Waals surface area contributed by atoms with Crippen molar-refractivity contribution in [3.63, 3.8) is 0 Å². The summed E-state index contributed by atoms with van der Waals surface area (Å²) in [6.07, 6.45) is -0.419. The maximum absolute atomic E-state index is 10.1. The van der Waals surface area contributed by atoms with Crippen LogP contribution in [0, 0.1) is 13.8 Å². The molecular formula is C14H24N2O. The molecule has 17 heavy (non-hydrogen) atoms. The highest BCUT2D eigenvalue weighted by molar-refractivity contribution is 5.32. The van der Waals surface area contributed by atoms with E-state index >= 15 is 0 Å². The average Bonchev–Trinajstić information content (AvgIpc) is 2.23. The Balaban J connectivity index is 2.44. The maximum atomic E-state index is 10.1. The predicted octanol–water partition coefficient (Wildman–Crippen LogP) is 1.49. The molecule has 0 radical (unpaired) electrons. The van der Waals surface area contributed by atoms with Gasteiger partial charge in [-0.1, -0.05) is 23.8 Å². The molecular weight excluding hydrogens is 212 g/mol. The summed E-state index contributed by atoms with van der Waals surface area (Å²) in [5, 5.41) is 13.3. The fourth-order valence-electron chi connectivity index (χ4n) is 1.85. The third-order valence-electron chi connectivity index (χ3n) is 2.86. The van der Waals surface area contributed by atoms with Crippen molar-refractivity contribution in [2.24, 2.45) is 0 Å². The number of likely N-dealkylation sites (N-methyl/N-ethyl adjacent to an activating group) is 1. The van der Waals surface area contributed by atoms with E-state index < -0.39 is 6.10 Å². The van der Waals surface area contributed by atoms with Gasteiger partial charge in [0.15, 0.2) is 0 Å². The first kappa shape index (κ1) is 14.2. The summed E-state index contributed by atoms with van der Waals surface area (Å²) in [7, 11) is 4.09. The summed E-state index contributed by atoms with van der Waals surface area (Å²) in [5.41, 5.74) is 3.42. The van der Waals surface area contributed by atoms with Crippen LogP contribution in [0.3, 0.4) is 0 Å². The van der Waals surface area contributed by atoms with Gasteiger partial charge in [-0.3, -0.25) is 0 Å². The van der Waals surface area contributed by atoms with Crippen LogP contribution in [-0.2, 0) is 0 Å².